The minimum Gasteiger partial charge on any atom is -0.479 e. The molecule has 6 nitrogen and oxygen atoms in total. The molecule has 0 radical (unpaired) electrons. The molecule has 4 N–H and O–H groups in total. The maximum atomic E-state index is 10.6. The molecule has 0 saturated heterocycles. The van der Waals surface area contributed by atoms with Crippen LogP contribution in [0.25, 0.3) is 0 Å². The van der Waals surface area contributed by atoms with Gasteiger partial charge in [0.05, 0.1) is 13.7 Å². The van der Waals surface area contributed by atoms with E-state index in [0.29, 0.717) is 0 Å². The first-order chi connectivity index (χ1) is 4.99. The van der Waals surface area contributed by atoms with Gasteiger partial charge in [0.25, 0.3) is 0 Å². The topological polar surface area (TPSA) is 110 Å². The molecule has 6 heteroatoms. The lowest BCUT2D eigenvalue weighted by molar-refractivity contribution is -0.161. The number of carboxylic acid groups (broad SMARTS) is 1. The summed E-state index contributed by atoms with van der Waals surface area (Å²) in [5, 5.41) is 16.8. The summed E-state index contributed by atoms with van der Waals surface area (Å²) in [6.45, 7) is -0.991. The zero-order valence-electron chi connectivity index (χ0n) is 5.90. The average Bonchev–Trinajstić information content (AvgIpc) is 2.01. The fraction of sp³-hybridized carbons (Fsp3) is 0.600. The van der Waals surface area contributed by atoms with E-state index in [1.165, 1.54) is 0 Å². The molecule has 0 unspecified atom stereocenters. The lowest BCUT2D eigenvalue weighted by atomic mass is 10.0. The molecule has 0 aromatic carbocycles. The molecular formula is C5H9NO5. The number of aliphatic hydroxyl groups excluding tert-OH is 1. The molecule has 0 saturated carbocycles. The Bertz CT molecular complexity index is 180. The summed E-state index contributed by atoms with van der Waals surface area (Å²) in [7, 11) is 0.989. The van der Waals surface area contributed by atoms with Gasteiger partial charge in [-0.25, -0.2) is 9.59 Å². The Balaban J connectivity index is 4.59. The molecule has 64 valence electrons. The largest absolute Gasteiger partial charge is 0.479 e. The Hall–Kier alpha value is -1.14. The highest BCUT2D eigenvalue weighted by molar-refractivity contribution is 6.03. The molecule has 0 aromatic rings. The molecule has 0 aliphatic carbocycles. The Kier molecular flexibility index (Phi) is 2.97. The van der Waals surface area contributed by atoms with Crippen molar-refractivity contribution < 1.29 is 24.5 Å². The minimum absolute atomic E-state index is 0.989. The van der Waals surface area contributed by atoms with Gasteiger partial charge in [-0.15, -0.1) is 0 Å². The molecule has 0 fully saturated rings. The lowest BCUT2D eigenvalue weighted by Crippen LogP contribution is -2.58. The third kappa shape index (κ3) is 1.66. The standard InChI is InChI=1S/C5H9NO5/c1-11-4(10)5(6,2-7)3(8)9/h7H,2,6H2,1H3,(H,8,9)/t5-/m0/s1. The third-order valence-electron chi connectivity index (χ3n) is 1.18. The summed E-state index contributed by atoms with van der Waals surface area (Å²) in [6, 6.07) is 0. The molecule has 11 heavy (non-hydrogen) atoms. The number of hydrogen-bond acceptors (Lipinski definition) is 5. The number of carbonyl (C=O) groups is 2. The van der Waals surface area contributed by atoms with E-state index in [0.717, 1.165) is 7.11 Å². The van der Waals surface area contributed by atoms with Crippen LogP contribution in [0.1, 0.15) is 0 Å². The molecule has 0 rings (SSSR count). The first-order valence-electron chi connectivity index (χ1n) is 2.70. The van der Waals surface area contributed by atoms with Gasteiger partial charge in [-0.1, -0.05) is 0 Å². The van der Waals surface area contributed by atoms with Crippen LogP contribution in [0.15, 0.2) is 0 Å². The number of ether oxygens (including phenoxy) is 1. The highest BCUT2D eigenvalue weighted by atomic mass is 16.5. The molecule has 0 heterocycles. The maximum absolute atomic E-state index is 10.6. The van der Waals surface area contributed by atoms with E-state index in [4.69, 9.17) is 15.9 Å². The van der Waals surface area contributed by atoms with Gasteiger partial charge >= 0.3 is 11.9 Å². The summed E-state index contributed by atoms with van der Waals surface area (Å²) in [6.07, 6.45) is 0. The normalized spacial score (nSPS) is 15.2. The summed E-state index contributed by atoms with van der Waals surface area (Å²) in [5.41, 5.74) is 2.63. The molecule has 0 aromatic heterocycles. The second-order valence-electron chi connectivity index (χ2n) is 1.93. The fourth-order valence-corrected chi connectivity index (χ4v) is 0.402. The van der Waals surface area contributed by atoms with E-state index in [2.05, 4.69) is 4.74 Å². The van der Waals surface area contributed by atoms with Crippen molar-refractivity contribution in [2.45, 2.75) is 5.54 Å². The zero-order valence-corrected chi connectivity index (χ0v) is 5.90. The van der Waals surface area contributed by atoms with Crippen molar-refractivity contribution in [3.63, 3.8) is 0 Å². The third-order valence-corrected chi connectivity index (χ3v) is 1.18. The summed E-state index contributed by atoms with van der Waals surface area (Å²) >= 11 is 0. The Morgan fingerprint density at radius 3 is 2.18 bits per heavy atom. The molecule has 1 atom stereocenters. The Morgan fingerprint density at radius 2 is 2.09 bits per heavy atom. The van der Waals surface area contributed by atoms with Crippen molar-refractivity contribution in [2.75, 3.05) is 13.7 Å². The van der Waals surface area contributed by atoms with E-state index >= 15 is 0 Å². The minimum atomic E-state index is -2.34. The molecule has 0 amide bonds. The Labute approximate surface area is 62.6 Å². The van der Waals surface area contributed by atoms with Gasteiger partial charge in [-0.2, -0.15) is 0 Å². The molecule has 0 spiro atoms. The molecule has 0 aliphatic rings. The van der Waals surface area contributed by atoms with E-state index in [9.17, 15) is 9.59 Å². The van der Waals surface area contributed by atoms with Gasteiger partial charge < -0.3 is 20.7 Å². The molecular weight excluding hydrogens is 154 g/mol. The zero-order chi connectivity index (χ0) is 9.07. The maximum Gasteiger partial charge on any atom is 0.340 e. The fourth-order valence-electron chi connectivity index (χ4n) is 0.402. The van der Waals surface area contributed by atoms with Gasteiger partial charge in [0.15, 0.2) is 0 Å². The molecule has 0 bridgehead atoms. The van der Waals surface area contributed by atoms with Crippen molar-refractivity contribution in [1.29, 1.82) is 0 Å². The van der Waals surface area contributed by atoms with Crippen molar-refractivity contribution in [2.24, 2.45) is 5.73 Å². The number of methoxy groups -OCH3 is 1. The van der Waals surface area contributed by atoms with Gasteiger partial charge in [0.2, 0.25) is 5.54 Å². The van der Waals surface area contributed by atoms with E-state index in [1.54, 1.807) is 0 Å². The van der Waals surface area contributed by atoms with Crippen molar-refractivity contribution in [3.8, 4) is 0 Å². The van der Waals surface area contributed by atoms with Crippen LogP contribution >= 0.6 is 0 Å². The van der Waals surface area contributed by atoms with E-state index < -0.39 is 24.1 Å². The van der Waals surface area contributed by atoms with Crippen LogP contribution in [-0.2, 0) is 14.3 Å². The van der Waals surface area contributed by atoms with Gasteiger partial charge in [-0.05, 0) is 0 Å². The highest BCUT2D eigenvalue weighted by Crippen LogP contribution is 2.01. The number of aliphatic carboxylic acids is 1. The summed E-state index contributed by atoms with van der Waals surface area (Å²) < 4.78 is 4.06. The number of aliphatic hydroxyl groups is 1. The number of carboxylic acids is 1. The van der Waals surface area contributed by atoms with Crippen LogP contribution < -0.4 is 5.73 Å². The SMILES string of the molecule is COC(=O)[C@](N)(CO)C(=O)O. The van der Waals surface area contributed by atoms with Crippen LogP contribution in [0.5, 0.6) is 0 Å². The van der Waals surface area contributed by atoms with E-state index in [1.807, 2.05) is 0 Å². The first-order valence-corrected chi connectivity index (χ1v) is 2.70. The average molecular weight is 163 g/mol. The van der Waals surface area contributed by atoms with Crippen molar-refractivity contribution in [3.05, 3.63) is 0 Å². The van der Waals surface area contributed by atoms with Gasteiger partial charge in [0.1, 0.15) is 0 Å². The summed E-state index contributed by atoms with van der Waals surface area (Å²) in [5.74, 6) is -2.79. The van der Waals surface area contributed by atoms with Gasteiger partial charge in [-0.3, -0.25) is 0 Å². The predicted molar refractivity (Wildman–Crippen MR) is 33.7 cm³/mol. The Morgan fingerprint density at radius 1 is 1.64 bits per heavy atom. The quantitative estimate of drug-likeness (QED) is 0.326. The van der Waals surface area contributed by atoms with Crippen molar-refractivity contribution >= 4 is 11.9 Å². The van der Waals surface area contributed by atoms with Crippen molar-refractivity contribution in [1.82, 2.24) is 0 Å². The molecule has 0 aliphatic heterocycles. The second-order valence-corrected chi connectivity index (χ2v) is 1.93. The van der Waals surface area contributed by atoms with Crippen LogP contribution in [0.3, 0.4) is 0 Å². The smallest absolute Gasteiger partial charge is 0.340 e. The lowest BCUT2D eigenvalue weighted by Gasteiger charge is -2.17. The van der Waals surface area contributed by atoms with Crippen LogP contribution in [0, 0.1) is 0 Å². The number of esters is 1. The number of hydrogen-bond donors (Lipinski definition) is 3. The monoisotopic (exact) mass is 163 g/mol. The second kappa shape index (κ2) is 3.31. The van der Waals surface area contributed by atoms with Crippen LogP contribution in [-0.4, -0.2) is 41.4 Å². The number of nitrogens with two attached hydrogens (primary N) is 1. The van der Waals surface area contributed by atoms with Crippen LogP contribution in [0.2, 0.25) is 0 Å². The number of carbonyl (C=O) groups excluding carboxylic acids is 1. The van der Waals surface area contributed by atoms with Gasteiger partial charge in [0, 0.05) is 0 Å². The van der Waals surface area contributed by atoms with E-state index in [-0.39, 0.29) is 0 Å². The first kappa shape index (κ1) is 9.86. The predicted octanol–water partition coefficient (Wildman–Crippen LogP) is -2.07. The number of rotatable bonds is 3. The summed E-state index contributed by atoms with van der Waals surface area (Å²) in [4.78, 5) is 20.9. The highest BCUT2D eigenvalue weighted by Gasteiger charge is 2.43. The van der Waals surface area contributed by atoms with Crippen LogP contribution in [0.4, 0.5) is 0 Å².